The molecule has 0 bridgehead atoms. The molecular formula is C16H27N3. The van der Waals surface area contributed by atoms with Crippen molar-refractivity contribution in [2.75, 3.05) is 13.1 Å². The molecule has 0 amide bonds. The summed E-state index contributed by atoms with van der Waals surface area (Å²) in [6, 6.07) is 8.91. The summed E-state index contributed by atoms with van der Waals surface area (Å²) in [5, 5.41) is 0. The van der Waals surface area contributed by atoms with Crippen LogP contribution >= 0.6 is 0 Å². The molecule has 1 aromatic rings. The van der Waals surface area contributed by atoms with Gasteiger partial charge >= 0.3 is 0 Å². The van der Waals surface area contributed by atoms with E-state index in [1.165, 1.54) is 37.1 Å². The molecule has 19 heavy (non-hydrogen) atoms. The number of benzene rings is 1. The van der Waals surface area contributed by atoms with Gasteiger partial charge in [-0.15, -0.1) is 0 Å². The van der Waals surface area contributed by atoms with E-state index in [9.17, 15) is 0 Å². The zero-order valence-electron chi connectivity index (χ0n) is 12.4. The molecule has 3 N–H and O–H groups in total. The van der Waals surface area contributed by atoms with Crippen LogP contribution in [-0.4, -0.2) is 23.5 Å². The molecule has 2 rings (SSSR count). The Morgan fingerprint density at radius 2 is 1.84 bits per heavy atom. The standard InChI is InChI=1S/C16H27N3/c1-4-16(3,19-11-5-6-12-19)15(18-17)14-9-7-13(2)8-10-14/h7-10,15,18H,4-6,11-12,17H2,1-3H3. The van der Waals surface area contributed by atoms with Crippen LogP contribution in [0.15, 0.2) is 24.3 Å². The minimum atomic E-state index is 0.0838. The third-order valence-electron chi connectivity index (χ3n) is 4.74. The highest BCUT2D eigenvalue weighted by molar-refractivity contribution is 5.27. The van der Waals surface area contributed by atoms with Crippen molar-refractivity contribution in [1.29, 1.82) is 0 Å². The molecule has 0 aromatic heterocycles. The molecule has 1 aromatic carbocycles. The largest absolute Gasteiger partial charge is 0.296 e. The number of likely N-dealkylation sites (tertiary alicyclic amines) is 1. The van der Waals surface area contributed by atoms with Gasteiger partial charge in [0.25, 0.3) is 0 Å². The first kappa shape index (κ1) is 14.5. The van der Waals surface area contributed by atoms with Crippen LogP contribution in [0.3, 0.4) is 0 Å². The minimum Gasteiger partial charge on any atom is -0.296 e. The van der Waals surface area contributed by atoms with E-state index in [0.29, 0.717) is 0 Å². The summed E-state index contributed by atoms with van der Waals surface area (Å²) < 4.78 is 0. The number of nitrogens with zero attached hydrogens (tertiary/aromatic N) is 1. The molecule has 1 aliphatic rings. The Hall–Kier alpha value is -0.900. The lowest BCUT2D eigenvalue weighted by atomic mass is 9.83. The van der Waals surface area contributed by atoms with Crippen LogP contribution in [0, 0.1) is 6.92 Å². The van der Waals surface area contributed by atoms with Gasteiger partial charge in [-0.1, -0.05) is 36.8 Å². The predicted octanol–water partition coefficient (Wildman–Crippen LogP) is 2.76. The highest BCUT2D eigenvalue weighted by Crippen LogP contribution is 2.36. The Morgan fingerprint density at radius 1 is 1.26 bits per heavy atom. The van der Waals surface area contributed by atoms with Gasteiger partial charge in [-0.3, -0.25) is 16.2 Å². The smallest absolute Gasteiger partial charge is 0.0641 e. The monoisotopic (exact) mass is 261 g/mol. The lowest BCUT2D eigenvalue weighted by Gasteiger charge is -2.44. The summed E-state index contributed by atoms with van der Waals surface area (Å²) in [5.41, 5.74) is 5.72. The molecule has 1 aliphatic heterocycles. The second-order valence-corrected chi connectivity index (χ2v) is 5.92. The lowest BCUT2D eigenvalue weighted by molar-refractivity contribution is 0.0840. The number of hydrazine groups is 1. The van der Waals surface area contributed by atoms with Crippen LogP contribution in [0.5, 0.6) is 0 Å². The quantitative estimate of drug-likeness (QED) is 0.632. The van der Waals surface area contributed by atoms with Crippen molar-refractivity contribution in [2.45, 2.75) is 51.6 Å². The number of hydrogen-bond acceptors (Lipinski definition) is 3. The maximum Gasteiger partial charge on any atom is 0.0641 e. The number of hydrogen-bond donors (Lipinski definition) is 2. The second kappa shape index (κ2) is 6.04. The summed E-state index contributed by atoms with van der Waals surface area (Å²) in [5.74, 6) is 5.90. The summed E-state index contributed by atoms with van der Waals surface area (Å²) in [7, 11) is 0. The van der Waals surface area contributed by atoms with Gasteiger partial charge in [-0.25, -0.2) is 0 Å². The van der Waals surface area contributed by atoms with E-state index in [1.807, 2.05) is 0 Å². The number of nitrogens with two attached hydrogens (primary N) is 1. The van der Waals surface area contributed by atoms with Crippen molar-refractivity contribution in [2.24, 2.45) is 5.84 Å². The van der Waals surface area contributed by atoms with Crippen LogP contribution in [-0.2, 0) is 0 Å². The Kier molecular flexibility index (Phi) is 4.61. The SMILES string of the molecule is CCC(C)(C(NN)c1ccc(C)cc1)N1CCCC1. The van der Waals surface area contributed by atoms with E-state index < -0.39 is 0 Å². The average molecular weight is 261 g/mol. The fourth-order valence-corrected chi connectivity index (χ4v) is 3.23. The molecule has 1 fully saturated rings. The van der Waals surface area contributed by atoms with Crippen LogP contribution < -0.4 is 11.3 Å². The van der Waals surface area contributed by atoms with Gasteiger partial charge in [0, 0.05) is 5.54 Å². The van der Waals surface area contributed by atoms with Crippen LogP contribution in [0.2, 0.25) is 0 Å². The summed E-state index contributed by atoms with van der Waals surface area (Å²) in [4.78, 5) is 2.59. The lowest BCUT2D eigenvalue weighted by Crippen LogP contribution is -2.54. The Balaban J connectivity index is 2.29. The van der Waals surface area contributed by atoms with E-state index in [1.54, 1.807) is 0 Å². The molecule has 106 valence electrons. The molecule has 1 heterocycles. The zero-order chi connectivity index (χ0) is 13.9. The molecule has 0 aliphatic carbocycles. The third-order valence-corrected chi connectivity index (χ3v) is 4.74. The normalized spacial score (nSPS) is 21.3. The topological polar surface area (TPSA) is 41.3 Å². The fourth-order valence-electron chi connectivity index (χ4n) is 3.23. The van der Waals surface area contributed by atoms with Crippen LogP contribution in [0.25, 0.3) is 0 Å². The molecule has 3 heteroatoms. The van der Waals surface area contributed by atoms with Gasteiger partial charge in [0.15, 0.2) is 0 Å². The Bertz CT molecular complexity index is 395. The highest BCUT2D eigenvalue weighted by Gasteiger charge is 2.39. The van der Waals surface area contributed by atoms with Crippen molar-refractivity contribution < 1.29 is 0 Å². The summed E-state index contributed by atoms with van der Waals surface area (Å²) >= 11 is 0. The first-order chi connectivity index (χ1) is 9.11. The van der Waals surface area contributed by atoms with Crippen molar-refractivity contribution in [3.05, 3.63) is 35.4 Å². The van der Waals surface area contributed by atoms with Crippen LogP contribution in [0.4, 0.5) is 0 Å². The predicted molar refractivity (Wildman–Crippen MR) is 80.7 cm³/mol. The van der Waals surface area contributed by atoms with Gasteiger partial charge in [-0.2, -0.15) is 0 Å². The van der Waals surface area contributed by atoms with Gasteiger partial charge in [0.1, 0.15) is 0 Å². The first-order valence-corrected chi connectivity index (χ1v) is 7.39. The fraction of sp³-hybridized carbons (Fsp3) is 0.625. The van der Waals surface area contributed by atoms with Gasteiger partial charge in [0.2, 0.25) is 0 Å². The maximum atomic E-state index is 5.90. The average Bonchev–Trinajstić information content (AvgIpc) is 2.96. The van der Waals surface area contributed by atoms with Crippen molar-refractivity contribution in [3.63, 3.8) is 0 Å². The third kappa shape index (κ3) is 2.83. The van der Waals surface area contributed by atoms with Crippen molar-refractivity contribution in [1.82, 2.24) is 10.3 Å². The van der Waals surface area contributed by atoms with E-state index in [0.717, 1.165) is 6.42 Å². The van der Waals surface area contributed by atoms with Crippen molar-refractivity contribution >= 4 is 0 Å². The number of nitrogens with one attached hydrogen (secondary N) is 1. The van der Waals surface area contributed by atoms with E-state index >= 15 is 0 Å². The maximum absolute atomic E-state index is 5.90. The molecule has 1 saturated heterocycles. The zero-order valence-corrected chi connectivity index (χ0v) is 12.4. The molecule has 0 spiro atoms. The molecular weight excluding hydrogens is 234 g/mol. The molecule has 2 unspecified atom stereocenters. The van der Waals surface area contributed by atoms with E-state index in [4.69, 9.17) is 5.84 Å². The van der Waals surface area contributed by atoms with E-state index in [2.05, 4.69) is 55.4 Å². The van der Waals surface area contributed by atoms with Crippen molar-refractivity contribution in [3.8, 4) is 0 Å². The van der Waals surface area contributed by atoms with E-state index in [-0.39, 0.29) is 11.6 Å². The Labute approximate surface area is 117 Å². The minimum absolute atomic E-state index is 0.0838. The van der Waals surface area contributed by atoms with Gasteiger partial charge in [-0.05, 0) is 51.8 Å². The molecule has 0 radical (unpaired) electrons. The summed E-state index contributed by atoms with van der Waals surface area (Å²) in [6.07, 6.45) is 3.71. The second-order valence-electron chi connectivity index (χ2n) is 5.92. The number of aryl methyl sites for hydroxylation is 1. The highest BCUT2D eigenvalue weighted by atomic mass is 15.3. The number of rotatable bonds is 5. The van der Waals surface area contributed by atoms with Gasteiger partial charge < -0.3 is 0 Å². The summed E-state index contributed by atoms with van der Waals surface area (Å²) in [6.45, 7) is 9.09. The Morgan fingerprint density at radius 3 is 2.32 bits per heavy atom. The van der Waals surface area contributed by atoms with Crippen LogP contribution in [0.1, 0.15) is 50.3 Å². The van der Waals surface area contributed by atoms with Gasteiger partial charge in [0.05, 0.1) is 6.04 Å². The molecule has 2 atom stereocenters. The molecule has 0 saturated carbocycles. The molecule has 3 nitrogen and oxygen atoms in total. The first-order valence-electron chi connectivity index (χ1n) is 7.39.